The lowest BCUT2D eigenvalue weighted by molar-refractivity contribution is -0.132. The molecule has 0 aromatic rings. The maximum atomic E-state index is 12.7. The monoisotopic (exact) mass is 532 g/mol. The molecule has 3 amide bonds. The van der Waals surface area contributed by atoms with Crippen LogP contribution in [-0.4, -0.2) is 84.8 Å². The first-order chi connectivity index (χ1) is 18.0. The lowest BCUT2D eigenvalue weighted by Gasteiger charge is -2.30. The van der Waals surface area contributed by atoms with E-state index in [-0.39, 0.29) is 56.3 Å². The van der Waals surface area contributed by atoms with Crippen molar-refractivity contribution in [3.05, 3.63) is 11.6 Å². The first-order valence-electron chi connectivity index (χ1n) is 13.9. The zero-order valence-corrected chi connectivity index (χ0v) is 25.1. The second-order valence-corrected chi connectivity index (χ2v) is 10.1. The average Bonchev–Trinajstić information content (AvgIpc) is 2.90. The van der Waals surface area contributed by atoms with Gasteiger partial charge in [0.2, 0.25) is 18.2 Å². The van der Waals surface area contributed by atoms with Gasteiger partial charge in [0.25, 0.3) is 0 Å². The van der Waals surface area contributed by atoms with Crippen LogP contribution < -0.4 is 5.32 Å². The van der Waals surface area contributed by atoms with E-state index in [1.54, 1.807) is 20.0 Å². The Bertz CT molecular complexity index is 758. The summed E-state index contributed by atoms with van der Waals surface area (Å²) in [7, 11) is 1.62. The maximum absolute atomic E-state index is 12.7. The van der Waals surface area contributed by atoms with Crippen LogP contribution in [0, 0.1) is 28.6 Å². The molecule has 0 spiro atoms. The van der Waals surface area contributed by atoms with Gasteiger partial charge in [0.15, 0.2) is 0 Å². The van der Waals surface area contributed by atoms with Crippen molar-refractivity contribution in [1.29, 1.82) is 10.5 Å². The molecular weight excluding hydrogens is 480 g/mol. The third-order valence-corrected chi connectivity index (χ3v) is 6.01. The number of carbonyl (C=O) groups is 3. The number of hydrogen-bond donors (Lipinski definition) is 1. The molecule has 1 heterocycles. The Morgan fingerprint density at radius 2 is 1.50 bits per heavy atom. The van der Waals surface area contributed by atoms with Crippen molar-refractivity contribution in [2.45, 2.75) is 99.1 Å². The van der Waals surface area contributed by atoms with Crippen LogP contribution in [0.5, 0.6) is 0 Å². The summed E-state index contributed by atoms with van der Waals surface area (Å²) in [6.07, 6.45) is 8.09. The van der Waals surface area contributed by atoms with E-state index in [1.807, 2.05) is 26.0 Å². The molecule has 0 saturated carbocycles. The second-order valence-electron chi connectivity index (χ2n) is 10.1. The first-order valence-corrected chi connectivity index (χ1v) is 13.9. The van der Waals surface area contributed by atoms with Gasteiger partial charge in [-0.2, -0.15) is 10.5 Å². The molecule has 1 aliphatic heterocycles. The van der Waals surface area contributed by atoms with Gasteiger partial charge in [0.1, 0.15) is 0 Å². The van der Waals surface area contributed by atoms with E-state index in [4.69, 9.17) is 10.5 Å². The summed E-state index contributed by atoms with van der Waals surface area (Å²) >= 11 is 0. The van der Waals surface area contributed by atoms with Crippen LogP contribution >= 0.6 is 0 Å². The number of carbonyl (C=O) groups excluding carboxylic acids is 3. The van der Waals surface area contributed by atoms with E-state index < -0.39 is 0 Å². The molecule has 0 aliphatic carbocycles. The van der Waals surface area contributed by atoms with Crippen LogP contribution in [-0.2, 0) is 14.4 Å². The largest absolute Gasteiger partial charge is 0.350 e. The minimum Gasteiger partial charge on any atom is -0.350 e. The summed E-state index contributed by atoms with van der Waals surface area (Å²) < 4.78 is 0. The van der Waals surface area contributed by atoms with Gasteiger partial charge in [0.05, 0.1) is 37.6 Å². The van der Waals surface area contributed by atoms with Gasteiger partial charge in [-0.25, -0.2) is 0 Å². The van der Waals surface area contributed by atoms with Crippen molar-refractivity contribution in [3.8, 4) is 12.1 Å². The lowest BCUT2D eigenvalue weighted by Crippen LogP contribution is -2.44. The van der Waals surface area contributed by atoms with Crippen molar-refractivity contribution in [2.75, 3.05) is 39.8 Å². The average molecular weight is 533 g/mol. The molecule has 0 bridgehead atoms. The third kappa shape index (κ3) is 16.8. The van der Waals surface area contributed by atoms with Crippen molar-refractivity contribution in [1.82, 2.24) is 20.0 Å². The Kier molecular flexibility index (Phi) is 22.8. The van der Waals surface area contributed by atoms with Crippen LogP contribution in [0.1, 0.15) is 87.0 Å². The molecule has 38 heavy (non-hydrogen) atoms. The maximum Gasteiger partial charge on any atom is 0.249 e. The van der Waals surface area contributed by atoms with Gasteiger partial charge >= 0.3 is 0 Å². The quantitative estimate of drug-likeness (QED) is 0.298. The minimum atomic E-state index is -0.325. The summed E-state index contributed by atoms with van der Waals surface area (Å²) in [6, 6.07) is 4.43. The van der Waals surface area contributed by atoms with Gasteiger partial charge in [-0.15, -0.1) is 0 Å². The number of nitriles is 2. The smallest absolute Gasteiger partial charge is 0.249 e. The standard InChI is InChI=1S/C18H27N5O3.C8H17N.C3H8/c1-14(2)16(22(4)17(25)12-21-13-24)11-15(3)18(26)23(9-5-7-19)10-6-8-20;1-8(2)9-6-4-3-5-7-9;1-3-2/h11,13-14,16H,5-6,9-10,12H2,1-4H3,(H,21,24);8H,3-7H2,1-2H3;3H2,1-2H3/b15-11+;;. The van der Waals surface area contributed by atoms with Crippen molar-refractivity contribution >= 4 is 18.2 Å². The Labute approximate surface area is 231 Å². The third-order valence-electron chi connectivity index (χ3n) is 6.01. The van der Waals surface area contributed by atoms with Gasteiger partial charge in [-0.3, -0.25) is 14.4 Å². The van der Waals surface area contributed by atoms with Crippen LogP contribution in [0.25, 0.3) is 0 Å². The number of nitrogens with zero attached hydrogens (tertiary/aromatic N) is 5. The highest BCUT2D eigenvalue weighted by Crippen LogP contribution is 2.15. The Morgan fingerprint density at radius 3 is 1.87 bits per heavy atom. The van der Waals surface area contributed by atoms with E-state index in [2.05, 4.69) is 37.9 Å². The zero-order chi connectivity index (χ0) is 29.5. The number of amides is 3. The number of piperidine rings is 1. The molecular formula is C29H52N6O3. The normalized spacial score (nSPS) is 14.1. The molecule has 1 aliphatic rings. The van der Waals surface area contributed by atoms with E-state index in [0.717, 1.165) is 6.04 Å². The molecule has 1 unspecified atom stereocenters. The Balaban J connectivity index is 0. The van der Waals surface area contributed by atoms with Crippen molar-refractivity contribution < 1.29 is 14.4 Å². The van der Waals surface area contributed by atoms with Crippen LogP contribution in [0.4, 0.5) is 0 Å². The van der Waals surface area contributed by atoms with Gasteiger partial charge in [0, 0.05) is 31.8 Å². The molecule has 9 nitrogen and oxygen atoms in total. The molecule has 216 valence electrons. The topological polar surface area (TPSA) is 121 Å². The van der Waals surface area contributed by atoms with Gasteiger partial charge in [-0.05, 0) is 52.6 Å². The van der Waals surface area contributed by atoms with Crippen molar-refractivity contribution in [2.24, 2.45) is 5.92 Å². The fourth-order valence-electron chi connectivity index (χ4n) is 3.87. The second kappa shape index (κ2) is 23.2. The summed E-state index contributed by atoms with van der Waals surface area (Å²) in [5.74, 6) is -0.472. The number of hydrogen-bond acceptors (Lipinski definition) is 6. The summed E-state index contributed by atoms with van der Waals surface area (Å²) in [5.41, 5.74) is 0.447. The van der Waals surface area contributed by atoms with Crippen LogP contribution in [0.2, 0.25) is 0 Å². The van der Waals surface area contributed by atoms with Crippen molar-refractivity contribution in [3.63, 3.8) is 0 Å². The van der Waals surface area contributed by atoms with E-state index in [1.165, 1.54) is 48.6 Å². The Morgan fingerprint density at radius 1 is 1.00 bits per heavy atom. The molecule has 0 aromatic carbocycles. The summed E-state index contributed by atoms with van der Waals surface area (Å²) in [4.78, 5) is 40.7. The van der Waals surface area contributed by atoms with E-state index >= 15 is 0 Å². The zero-order valence-electron chi connectivity index (χ0n) is 25.1. The fourth-order valence-corrected chi connectivity index (χ4v) is 3.87. The summed E-state index contributed by atoms with van der Waals surface area (Å²) in [5, 5.41) is 19.8. The van der Waals surface area contributed by atoms with E-state index in [9.17, 15) is 14.4 Å². The fraction of sp³-hybridized carbons (Fsp3) is 0.759. The highest BCUT2D eigenvalue weighted by Gasteiger charge is 2.23. The molecule has 9 heteroatoms. The Hall–Kier alpha value is -2.91. The predicted octanol–water partition coefficient (Wildman–Crippen LogP) is 4.11. The van der Waals surface area contributed by atoms with Crippen LogP contribution in [0.15, 0.2) is 11.6 Å². The summed E-state index contributed by atoms with van der Waals surface area (Å²) in [6.45, 7) is 17.4. The molecule has 0 aromatic heterocycles. The SMILES string of the molecule is C/C(=C\C(C(C)C)N(C)C(=O)CNC=O)C(=O)N(CCC#N)CCC#N.CC(C)N1CCCCC1.CCC. The molecule has 1 atom stereocenters. The molecule has 1 N–H and O–H groups in total. The highest BCUT2D eigenvalue weighted by molar-refractivity contribution is 5.93. The molecule has 1 fully saturated rings. The molecule has 1 saturated heterocycles. The predicted molar refractivity (Wildman–Crippen MR) is 153 cm³/mol. The van der Waals surface area contributed by atoms with E-state index in [0.29, 0.717) is 12.0 Å². The van der Waals surface area contributed by atoms with Crippen LogP contribution in [0.3, 0.4) is 0 Å². The first kappa shape index (κ1) is 37.2. The number of rotatable bonds is 12. The molecule has 1 rings (SSSR count). The number of likely N-dealkylation sites (tertiary alicyclic amines) is 1. The minimum absolute atomic E-state index is 0.0506. The molecule has 0 radical (unpaired) electrons. The lowest BCUT2D eigenvalue weighted by atomic mass is 9.99. The van der Waals surface area contributed by atoms with Gasteiger partial charge < -0.3 is 20.0 Å². The van der Waals surface area contributed by atoms with Gasteiger partial charge in [-0.1, -0.05) is 46.6 Å². The number of likely N-dealkylation sites (N-methyl/N-ethyl adjacent to an activating group) is 1. The highest BCUT2D eigenvalue weighted by atomic mass is 16.2. The number of nitrogens with one attached hydrogen (secondary N) is 1.